The number of aromatic hydroxyl groups is 1. The third kappa shape index (κ3) is 8.28. The highest BCUT2D eigenvalue weighted by Crippen LogP contribution is 2.34. The molecule has 0 spiro atoms. The number of phenols is 1. The Kier molecular flexibility index (Phi) is 10.2. The fraction of sp³-hybridized carbons (Fsp3) is 0.500. The van der Waals surface area contributed by atoms with Gasteiger partial charge in [0.15, 0.2) is 0 Å². The standard InChI is InChI=1S/C34H43N3O5/c1-5-23-14-18-25(19-15-23)30(31(39)35-26-10-7-6-8-11-26)37(27-12-9-13-27)32(40)29(36-33(41)42-34(2,3)4)22-24-16-20-28(38)21-17-24/h1,14-21,26-27,29-30,38H,6-13,22H2,2-4H3,(H,35,39)(H,36,41). The van der Waals surface area contributed by atoms with Gasteiger partial charge in [0.1, 0.15) is 23.4 Å². The van der Waals surface area contributed by atoms with Gasteiger partial charge in [0.2, 0.25) is 11.8 Å². The van der Waals surface area contributed by atoms with Gasteiger partial charge in [-0.05, 0) is 88.3 Å². The Bertz CT molecular complexity index is 1270. The molecule has 0 saturated heterocycles. The Morgan fingerprint density at radius 1 is 0.976 bits per heavy atom. The number of nitrogens with zero attached hydrogens (tertiary/aromatic N) is 1. The molecule has 8 nitrogen and oxygen atoms in total. The molecule has 2 aromatic carbocycles. The number of alkyl carbamates (subject to hydrolysis) is 1. The molecule has 3 amide bonds. The minimum absolute atomic E-state index is 0.0600. The van der Waals surface area contributed by atoms with Crippen LogP contribution in [0.25, 0.3) is 0 Å². The molecule has 3 N–H and O–H groups in total. The number of hydrogen-bond donors (Lipinski definition) is 3. The molecule has 0 aromatic heterocycles. The summed E-state index contributed by atoms with van der Waals surface area (Å²) in [5.74, 6) is 2.14. The summed E-state index contributed by atoms with van der Waals surface area (Å²) in [7, 11) is 0. The third-order valence-corrected chi connectivity index (χ3v) is 7.96. The Labute approximate surface area is 249 Å². The van der Waals surface area contributed by atoms with Crippen LogP contribution in [0.3, 0.4) is 0 Å². The fourth-order valence-corrected chi connectivity index (χ4v) is 5.61. The van der Waals surface area contributed by atoms with Crippen molar-refractivity contribution in [2.24, 2.45) is 0 Å². The van der Waals surface area contributed by atoms with Gasteiger partial charge in [-0.1, -0.05) is 49.4 Å². The lowest BCUT2D eigenvalue weighted by molar-refractivity contribution is -0.147. The van der Waals surface area contributed by atoms with E-state index < -0.39 is 23.8 Å². The maximum Gasteiger partial charge on any atom is 0.408 e. The number of amides is 3. The lowest BCUT2D eigenvalue weighted by Gasteiger charge is -2.44. The number of carbonyl (C=O) groups excluding carboxylic acids is 3. The van der Waals surface area contributed by atoms with E-state index in [9.17, 15) is 19.5 Å². The lowest BCUT2D eigenvalue weighted by Crippen LogP contribution is -2.58. The van der Waals surface area contributed by atoms with Crippen molar-refractivity contribution in [3.8, 4) is 18.1 Å². The van der Waals surface area contributed by atoms with Gasteiger partial charge in [-0.2, -0.15) is 0 Å². The van der Waals surface area contributed by atoms with Crippen LogP contribution in [-0.2, 0) is 20.7 Å². The smallest absolute Gasteiger partial charge is 0.408 e. The van der Waals surface area contributed by atoms with Crippen molar-refractivity contribution in [3.63, 3.8) is 0 Å². The van der Waals surface area contributed by atoms with Gasteiger partial charge in [0, 0.05) is 24.1 Å². The minimum Gasteiger partial charge on any atom is -0.508 e. The van der Waals surface area contributed by atoms with Crippen LogP contribution in [0.2, 0.25) is 0 Å². The average Bonchev–Trinajstić information content (AvgIpc) is 2.92. The molecular weight excluding hydrogens is 530 g/mol. The van der Waals surface area contributed by atoms with Crippen molar-refractivity contribution in [1.82, 2.24) is 15.5 Å². The third-order valence-electron chi connectivity index (χ3n) is 7.96. The first-order valence-electron chi connectivity index (χ1n) is 15.0. The molecular formula is C34H43N3O5. The molecule has 0 radical (unpaired) electrons. The molecule has 2 aromatic rings. The molecule has 2 aliphatic rings. The van der Waals surface area contributed by atoms with Crippen LogP contribution >= 0.6 is 0 Å². The highest BCUT2D eigenvalue weighted by atomic mass is 16.6. The predicted molar refractivity (Wildman–Crippen MR) is 162 cm³/mol. The number of hydrogen-bond acceptors (Lipinski definition) is 5. The first-order chi connectivity index (χ1) is 20.0. The molecule has 2 unspecified atom stereocenters. The molecule has 0 aliphatic heterocycles. The van der Waals surface area contributed by atoms with E-state index >= 15 is 0 Å². The van der Waals surface area contributed by atoms with Crippen molar-refractivity contribution in [2.45, 2.75) is 108 Å². The zero-order valence-corrected chi connectivity index (χ0v) is 24.9. The van der Waals surface area contributed by atoms with Crippen molar-refractivity contribution < 1.29 is 24.2 Å². The molecule has 2 fully saturated rings. The molecule has 42 heavy (non-hydrogen) atoms. The molecule has 224 valence electrons. The number of rotatable bonds is 9. The summed E-state index contributed by atoms with van der Waals surface area (Å²) >= 11 is 0. The first kappa shape index (κ1) is 31.0. The second-order valence-electron chi connectivity index (χ2n) is 12.4. The average molecular weight is 574 g/mol. The zero-order chi connectivity index (χ0) is 30.3. The molecule has 0 heterocycles. The Morgan fingerprint density at radius 3 is 2.17 bits per heavy atom. The predicted octanol–water partition coefficient (Wildman–Crippen LogP) is 5.38. The molecule has 2 saturated carbocycles. The second-order valence-corrected chi connectivity index (χ2v) is 12.4. The summed E-state index contributed by atoms with van der Waals surface area (Å²) in [6.45, 7) is 5.28. The molecule has 2 aliphatic carbocycles. The largest absolute Gasteiger partial charge is 0.508 e. The fourth-order valence-electron chi connectivity index (χ4n) is 5.61. The van der Waals surface area contributed by atoms with Crippen molar-refractivity contribution in [3.05, 3.63) is 65.2 Å². The molecule has 4 rings (SSSR count). The highest BCUT2D eigenvalue weighted by Gasteiger charge is 2.42. The highest BCUT2D eigenvalue weighted by molar-refractivity contribution is 5.92. The summed E-state index contributed by atoms with van der Waals surface area (Å²) in [5.41, 5.74) is 1.34. The van der Waals surface area contributed by atoms with E-state index in [0.29, 0.717) is 11.1 Å². The number of ether oxygens (including phenoxy) is 1. The molecule has 2 atom stereocenters. The van der Waals surface area contributed by atoms with E-state index in [1.165, 1.54) is 0 Å². The maximum atomic E-state index is 14.6. The normalized spacial score (nSPS) is 17.2. The van der Waals surface area contributed by atoms with Crippen LogP contribution in [0.15, 0.2) is 48.5 Å². The topological polar surface area (TPSA) is 108 Å². The first-order valence-corrected chi connectivity index (χ1v) is 15.0. The Morgan fingerprint density at radius 2 is 1.62 bits per heavy atom. The summed E-state index contributed by atoms with van der Waals surface area (Å²) in [4.78, 5) is 43.3. The van der Waals surface area contributed by atoms with E-state index in [1.807, 2.05) is 12.1 Å². The van der Waals surface area contributed by atoms with Crippen molar-refractivity contribution in [2.75, 3.05) is 0 Å². The van der Waals surface area contributed by atoms with Crippen molar-refractivity contribution >= 4 is 17.9 Å². The van der Waals surface area contributed by atoms with Gasteiger partial charge in [-0.25, -0.2) is 4.79 Å². The van der Waals surface area contributed by atoms with Crippen LogP contribution in [0.5, 0.6) is 5.75 Å². The minimum atomic E-state index is -1.00. The molecule has 0 bridgehead atoms. The van der Waals surface area contributed by atoms with Crippen LogP contribution in [0.1, 0.15) is 94.9 Å². The zero-order valence-electron chi connectivity index (χ0n) is 24.9. The summed E-state index contributed by atoms with van der Waals surface area (Å²) < 4.78 is 5.52. The lowest BCUT2D eigenvalue weighted by atomic mass is 9.87. The van der Waals surface area contributed by atoms with E-state index in [1.54, 1.807) is 62.1 Å². The van der Waals surface area contributed by atoms with Gasteiger partial charge < -0.3 is 25.4 Å². The Balaban J connectivity index is 1.71. The van der Waals surface area contributed by atoms with Crippen molar-refractivity contribution in [1.29, 1.82) is 0 Å². The number of phenolic OH excluding ortho intramolecular Hbond substituents is 1. The maximum absolute atomic E-state index is 14.6. The van der Waals surface area contributed by atoms with E-state index in [-0.39, 0.29) is 36.1 Å². The van der Waals surface area contributed by atoms with Gasteiger partial charge in [-0.15, -0.1) is 6.42 Å². The number of nitrogens with one attached hydrogen (secondary N) is 2. The summed E-state index contributed by atoms with van der Waals surface area (Å²) in [5, 5.41) is 15.8. The SMILES string of the molecule is C#Cc1ccc(C(C(=O)NC2CCCCC2)N(C(=O)C(Cc2ccc(O)cc2)NC(=O)OC(C)(C)C)C2CCC2)cc1. The van der Waals surface area contributed by atoms with Gasteiger partial charge in [0.05, 0.1) is 0 Å². The Hall–Kier alpha value is -3.99. The van der Waals surface area contributed by atoms with Gasteiger partial charge in [0.25, 0.3) is 0 Å². The van der Waals surface area contributed by atoms with E-state index in [2.05, 4.69) is 16.6 Å². The molecule has 8 heteroatoms. The quantitative estimate of drug-likeness (QED) is 0.349. The van der Waals surface area contributed by atoms with E-state index in [4.69, 9.17) is 11.2 Å². The van der Waals surface area contributed by atoms with Gasteiger partial charge in [-0.3, -0.25) is 9.59 Å². The van der Waals surface area contributed by atoms with Crippen LogP contribution in [0.4, 0.5) is 4.79 Å². The van der Waals surface area contributed by atoms with Crippen LogP contribution in [0, 0.1) is 12.3 Å². The number of carbonyl (C=O) groups is 3. The van der Waals surface area contributed by atoms with Crippen LogP contribution < -0.4 is 10.6 Å². The van der Waals surface area contributed by atoms with Gasteiger partial charge >= 0.3 is 6.09 Å². The number of terminal acetylenes is 1. The van der Waals surface area contributed by atoms with Crippen LogP contribution in [-0.4, -0.2) is 51.6 Å². The summed E-state index contributed by atoms with van der Waals surface area (Å²) in [6, 6.07) is 11.7. The second kappa shape index (κ2) is 13.8. The summed E-state index contributed by atoms with van der Waals surface area (Å²) in [6.07, 6.45) is 12.6. The van der Waals surface area contributed by atoms with E-state index in [0.717, 1.165) is 56.9 Å². The monoisotopic (exact) mass is 573 g/mol. The number of benzene rings is 2.